The molecule has 0 fully saturated rings. The maximum atomic E-state index is 12.2. The molecular formula is C18H16N6O3. The molecule has 0 saturated heterocycles. The van der Waals surface area contributed by atoms with Crippen molar-refractivity contribution in [3.8, 4) is 11.4 Å². The highest BCUT2D eigenvalue weighted by atomic mass is 16.5. The number of rotatable bonds is 5. The Morgan fingerprint density at radius 3 is 2.70 bits per heavy atom. The molecule has 0 spiro atoms. The Labute approximate surface area is 153 Å². The van der Waals surface area contributed by atoms with Crippen molar-refractivity contribution in [2.45, 2.75) is 6.92 Å². The highest BCUT2D eigenvalue weighted by Crippen LogP contribution is 2.24. The number of carbonyl (C=O) groups is 1. The number of fused-ring (bicyclic) bond motifs is 1. The fourth-order valence-electron chi connectivity index (χ4n) is 2.73. The normalized spacial score (nSPS) is 10.9. The number of hydrogen-bond acceptors (Lipinski definition) is 5. The molecule has 0 aliphatic heterocycles. The largest absolute Gasteiger partial charge is 0.482 e. The van der Waals surface area contributed by atoms with Crippen LogP contribution in [-0.4, -0.2) is 37.2 Å². The second-order valence-corrected chi connectivity index (χ2v) is 6.02. The minimum atomic E-state index is -0.317. The van der Waals surface area contributed by atoms with Crippen LogP contribution in [0.5, 0.6) is 5.75 Å². The van der Waals surface area contributed by atoms with Crippen molar-refractivity contribution in [2.24, 2.45) is 0 Å². The Bertz CT molecular complexity index is 1160. The van der Waals surface area contributed by atoms with Gasteiger partial charge in [-0.25, -0.2) is 4.79 Å². The lowest BCUT2D eigenvalue weighted by Gasteiger charge is -2.12. The molecule has 2 aromatic heterocycles. The summed E-state index contributed by atoms with van der Waals surface area (Å²) >= 11 is 0. The van der Waals surface area contributed by atoms with Crippen molar-refractivity contribution < 1.29 is 9.53 Å². The number of H-pyrrole nitrogens is 2. The van der Waals surface area contributed by atoms with E-state index in [2.05, 4.69) is 25.5 Å². The maximum Gasteiger partial charge on any atom is 0.323 e. The fraction of sp³-hybridized carbons (Fsp3) is 0.111. The van der Waals surface area contributed by atoms with Gasteiger partial charge >= 0.3 is 5.69 Å². The second-order valence-electron chi connectivity index (χ2n) is 6.02. The van der Waals surface area contributed by atoms with E-state index in [-0.39, 0.29) is 18.2 Å². The molecular weight excluding hydrogens is 348 g/mol. The van der Waals surface area contributed by atoms with E-state index in [0.717, 1.165) is 11.3 Å². The molecule has 0 atom stereocenters. The van der Waals surface area contributed by atoms with Crippen LogP contribution < -0.4 is 15.7 Å². The predicted molar refractivity (Wildman–Crippen MR) is 99.1 cm³/mol. The van der Waals surface area contributed by atoms with Gasteiger partial charge < -0.3 is 20.0 Å². The zero-order valence-electron chi connectivity index (χ0n) is 14.4. The highest BCUT2D eigenvalue weighted by molar-refractivity contribution is 5.93. The van der Waals surface area contributed by atoms with Gasteiger partial charge in [0.25, 0.3) is 5.91 Å². The number of aryl methyl sites for hydroxylation is 1. The minimum Gasteiger partial charge on any atom is -0.482 e. The molecule has 3 N–H and O–H groups in total. The summed E-state index contributed by atoms with van der Waals surface area (Å²) in [4.78, 5) is 28.8. The first-order chi connectivity index (χ1) is 13.1. The molecule has 0 radical (unpaired) electrons. The van der Waals surface area contributed by atoms with E-state index in [0.29, 0.717) is 22.5 Å². The molecule has 0 unspecified atom stereocenters. The zero-order valence-corrected chi connectivity index (χ0v) is 14.4. The van der Waals surface area contributed by atoms with Gasteiger partial charge in [-0.15, -0.1) is 10.2 Å². The molecule has 136 valence electrons. The van der Waals surface area contributed by atoms with Gasteiger partial charge in [0.1, 0.15) is 18.4 Å². The third-order valence-electron chi connectivity index (χ3n) is 3.97. The number of nitrogens with zero attached hydrogens (tertiary/aromatic N) is 3. The molecule has 0 saturated carbocycles. The Morgan fingerprint density at radius 1 is 1.11 bits per heavy atom. The van der Waals surface area contributed by atoms with Crippen LogP contribution in [0, 0.1) is 6.92 Å². The van der Waals surface area contributed by atoms with Gasteiger partial charge in [-0.1, -0.05) is 6.07 Å². The topological polar surface area (TPSA) is 118 Å². The number of carbonyl (C=O) groups excluding carboxylic acids is 1. The van der Waals surface area contributed by atoms with Gasteiger partial charge in [0.05, 0.1) is 16.7 Å². The van der Waals surface area contributed by atoms with E-state index in [4.69, 9.17) is 4.74 Å². The molecule has 9 nitrogen and oxygen atoms in total. The summed E-state index contributed by atoms with van der Waals surface area (Å²) in [6.45, 7) is 1.80. The average molecular weight is 364 g/mol. The van der Waals surface area contributed by atoms with Gasteiger partial charge in [0.2, 0.25) is 0 Å². The van der Waals surface area contributed by atoms with Crippen LogP contribution in [0.4, 0.5) is 5.69 Å². The standard InChI is InChI=1S/C18H16N6O3/c1-11-2-5-16(15(6-11)24-9-19-20-10-24)27-8-17(25)21-12-3-4-13-14(7-12)23-18(26)22-13/h2-7,9-10H,8H2,1H3,(H,21,25)(H2,22,23,26). The van der Waals surface area contributed by atoms with Crippen LogP contribution in [0.25, 0.3) is 16.7 Å². The molecule has 2 aromatic carbocycles. The van der Waals surface area contributed by atoms with E-state index >= 15 is 0 Å². The molecule has 0 aliphatic carbocycles. The maximum absolute atomic E-state index is 12.2. The van der Waals surface area contributed by atoms with Crippen LogP contribution in [0.15, 0.2) is 53.8 Å². The van der Waals surface area contributed by atoms with Crippen molar-refractivity contribution in [2.75, 3.05) is 11.9 Å². The van der Waals surface area contributed by atoms with Gasteiger partial charge in [-0.3, -0.25) is 9.36 Å². The van der Waals surface area contributed by atoms with Gasteiger partial charge in [-0.2, -0.15) is 0 Å². The summed E-state index contributed by atoms with van der Waals surface area (Å²) < 4.78 is 7.41. The van der Waals surface area contributed by atoms with Crippen LogP contribution in [0.1, 0.15) is 5.56 Å². The fourth-order valence-corrected chi connectivity index (χ4v) is 2.73. The number of amides is 1. The SMILES string of the molecule is Cc1ccc(OCC(=O)Nc2ccc3[nH]c(=O)[nH]c3c2)c(-n2cnnc2)c1. The average Bonchev–Trinajstić information content (AvgIpc) is 3.29. The third kappa shape index (κ3) is 3.56. The summed E-state index contributed by atoms with van der Waals surface area (Å²) in [5.41, 5.74) is 3.36. The molecule has 27 heavy (non-hydrogen) atoms. The lowest BCUT2D eigenvalue weighted by atomic mass is 10.2. The molecule has 4 rings (SSSR count). The summed E-state index contributed by atoms with van der Waals surface area (Å²) in [5.74, 6) is 0.225. The zero-order chi connectivity index (χ0) is 18.8. The van der Waals surface area contributed by atoms with E-state index in [1.54, 1.807) is 41.5 Å². The molecule has 9 heteroatoms. The first kappa shape index (κ1) is 16.6. The van der Waals surface area contributed by atoms with Crippen LogP contribution in [-0.2, 0) is 4.79 Å². The summed E-state index contributed by atoms with van der Waals surface area (Å²) in [5, 5.41) is 10.3. The third-order valence-corrected chi connectivity index (χ3v) is 3.97. The first-order valence-electron chi connectivity index (χ1n) is 8.19. The number of anilines is 1. The van der Waals surface area contributed by atoms with Crippen LogP contribution in [0.2, 0.25) is 0 Å². The van der Waals surface area contributed by atoms with Gasteiger partial charge in [-0.05, 0) is 42.8 Å². The second kappa shape index (κ2) is 6.79. The van der Waals surface area contributed by atoms with Crippen molar-refractivity contribution >= 4 is 22.6 Å². The van der Waals surface area contributed by atoms with Crippen molar-refractivity contribution in [1.29, 1.82) is 0 Å². The lowest BCUT2D eigenvalue weighted by Crippen LogP contribution is -2.20. The van der Waals surface area contributed by atoms with E-state index in [1.807, 2.05) is 19.1 Å². The Balaban J connectivity index is 1.47. The Kier molecular flexibility index (Phi) is 4.17. The minimum absolute atomic E-state index is 0.167. The quantitative estimate of drug-likeness (QED) is 0.499. The number of ether oxygens (including phenoxy) is 1. The molecule has 0 aliphatic rings. The monoisotopic (exact) mass is 364 g/mol. The molecule has 0 bridgehead atoms. The van der Waals surface area contributed by atoms with Crippen molar-refractivity contribution in [1.82, 2.24) is 24.7 Å². The number of nitrogens with one attached hydrogen (secondary N) is 3. The summed E-state index contributed by atoms with van der Waals surface area (Å²) in [6, 6.07) is 10.7. The van der Waals surface area contributed by atoms with E-state index < -0.39 is 0 Å². The number of hydrogen-bond donors (Lipinski definition) is 3. The number of aromatic nitrogens is 5. The number of imidazole rings is 1. The lowest BCUT2D eigenvalue weighted by molar-refractivity contribution is -0.118. The predicted octanol–water partition coefficient (Wildman–Crippen LogP) is 1.76. The Hall–Kier alpha value is -3.88. The van der Waals surface area contributed by atoms with Gasteiger partial charge in [0, 0.05) is 5.69 Å². The number of aromatic amines is 2. The molecule has 4 aromatic rings. The van der Waals surface area contributed by atoms with Crippen molar-refractivity contribution in [3.05, 3.63) is 65.1 Å². The smallest absolute Gasteiger partial charge is 0.323 e. The van der Waals surface area contributed by atoms with Crippen molar-refractivity contribution in [3.63, 3.8) is 0 Å². The highest BCUT2D eigenvalue weighted by Gasteiger charge is 2.10. The van der Waals surface area contributed by atoms with Gasteiger partial charge in [0.15, 0.2) is 6.61 Å². The molecule has 2 heterocycles. The van der Waals surface area contributed by atoms with E-state index in [9.17, 15) is 9.59 Å². The summed E-state index contributed by atoms with van der Waals surface area (Å²) in [6.07, 6.45) is 3.13. The molecule has 1 amide bonds. The van der Waals surface area contributed by atoms with E-state index in [1.165, 1.54) is 0 Å². The van der Waals surface area contributed by atoms with Crippen LogP contribution >= 0.6 is 0 Å². The Morgan fingerprint density at radius 2 is 1.89 bits per heavy atom. The first-order valence-corrected chi connectivity index (χ1v) is 8.19. The number of benzene rings is 2. The summed E-state index contributed by atoms with van der Waals surface area (Å²) in [7, 11) is 0. The van der Waals surface area contributed by atoms with Crippen LogP contribution in [0.3, 0.4) is 0 Å².